The summed E-state index contributed by atoms with van der Waals surface area (Å²) in [5.41, 5.74) is 0.248. The van der Waals surface area contributed by atoms with E-state index in [0.29, 0.717) is 5.56 Å². The van der Waals surface area contributed by atoms with Gasteiger partial charge in [0.1, 0.15) is 11.7 Å². The van der Waals surface area contributed by atoms with Crippen LogP contribution in [0.1, 0.15) is 49.8 Å². The van der Waals surface area contributed by atoms with E-state index in [9.17, 15) is 19.6 Å². The van der Waals surface area contributed by atoms with Crippen LogP contribution < -0.4 is 10.6 Å². The second-order valence-corrected chi connectivity index (χ2v) is 5.58. The topological polar surface area (TPSA) is 124 Å². The van der Waals surface area contributed by atoms with Gasteiger partial charge in [-0.1, -0.05) is 44.0 Å². The lowest BCUT2D eigenvalue weighted by Gasteiger charge is -2.24. The lowest BCUT2D eigenvalue weighted by atomic mass is 9.75. The molecule has 0 fully saturated rings. The SMILES string of the molecule is [2H]C([2H])([2H])C([2H])(C([2H])([2H])[2H])C([2H])([2H])[C@]([2H])(NC(=O)[C@@H](Cc1ccccc1)NC(=O)c1cnccn1)B(O)O. The predicted molar refractivity (Wildman–Crippen MR) is 105 cm³/mol. The van der Waals surface area contributed by atoms with Crippen molar-refractivity contribution in [2.75, 3.05) is 0 Å². The van der Waals surface area contributed by atoms with Crippen molar-refractivity contribution in [1.29, 1.82) is 0 Å². The van der Waals surface area contributed by atoms with Gasteiger partial charge in [-0.05, 0) is 17.8 Å². The molecule has 28 heavy (non-hydrogen) atoms. The molecular formula is C19H25BN4O4. The largest absolute Gasteiger partial charge is 0.475 e. The van der Waals surface area contributed by atoms with Crippen LogP contribution in [0.5, 0.6) is 0 Å². The number of carbonyl (C=O) groups excluding carboxylic acids is 2. The zero-order valence-corrected chi connectivity index (χ0v) is 14.6. The Morgan fingerprint density at radius 1 is 1.25 bits per heavy atom. The predicted octanol–water partition coefficient (Wildman–Crippen LogP) is 0.361. The van der Waals surface area contributed by atoms with E-state index in [0.717, 1.165) is 6.20 Å². The fourth-order valence-electron chi connectivity index (χ4n) is 2.22. The quantitative estimate of drug-likeness (QED) is 0.456. The Kier molecular flexibility index (Phi) is 4.24. The summed E-state index contributed by atoms with van der Waals surface area (Å²) < 4.78 is 78.2. The zero-order chi connectivity index (χ0) is 29.2. The van der Waals surface area contributed by atoms with Crippen molar-refractivity contribution >= 4 is 18.9 Å². The summed E-state index contributed by atoms with van der Waals surface area (Å²) in [5.74, 6) is -10.2. The number of aromatic nitrogens is 2. The van der Waals surface area contributed by atoms with E-state index < -0.39 is 56.9 Å². The summed E-state index contributed by atoms with van der Waals surface area (Å²) in [6.07, 6.45) is -0.841. The fraction of sp³-hybridized carbons (Fsp3) is 0.368. The number of nitrogens with one attached hydrogen (secondary N) is 2. The average Bonchev–Trinajstić information content (AvgIpc) is 2.82. The first kappa shape index (κ1) is 11.3. The van der Waals surface area contributed by atoms with Crippen LogP contribution in [-0.4, -0.2) is 50.9 Å². The molecule has 1 heterocycles. The molecule has 0 radical (unpaired) electrons. The van der Waals surface area contributed by atoms with Crippen molar-refractivity contribution in [2.24, 2.45) is 5.89 Å². The third-order valence-corrected chi connectivity index (χ3v) is 3.48. The first-order chi connectivity index (χ1) is 17.3. The number of amides is 2. The van der Waals surface area contributed by atoms with Crippen LogP contribution >= 0.6 is 0 Å². The number of nitrogens with zero attached hydrogens (tertiary/aromatic N) is 2. The summed E-state index contributed by atoms with van der Waals surface area (Å²) >= 11 is 0. The van der Waals surface area contributed by atoms with Gasteiger partial charge in [-0.25, -0.2) is 4.98 Å². The highest BCUT2D eigenvalue weighted by Gasteiger charge is 2.30. The molecule has 9 heteroatoms. The molecule has 1 aromatic carbocycles. The van der Waals surface area contributed by atoms with Gasteiger partial charge in [-0.3, -0.25) is 14.6 Å². The van der Waals surface area contributed by atoms with Crippen LogP contribution in [0, 0.1) is 5.89 Å². The maximum Gasteiger partial charge on any atom is 0.475 e. The molecule has 0 unspecified atom stereocenters. The van der Waals surface area contributed by atoms with Gasteiger partial charge in [0.2, 0.25) is 5.91 Å². The lowest BCUT2D eigenvalue weighted by Crippen LogP contribution is -2.55. The maximum absolute atomic E-state index is 13.3. The monoisotopic (exact) mass is 394 g/mol. The van der Waals surface area contributed by atoms with Crippen LogP contribution in [0.2, 0.25) is 0 Å². The third-order valence-electron chi connectivity index (χ3n) is 3.48. The molecule has 148 valence electrons. The Morgan fingerprint density at radius 3 is 2.61 bits per heavy atom. The van der Waals surface area contributed by atoms with Gasteiger partial charge < -0.3 is 20.7 Å². The minimum Gasteiger partial charge on any atom is -0.426 e. The minimum absolute atomic E-state index is 0.219. The normalized spacial score (nSPS) is 21.1. The molecule has 2 aromatic rings. The van der Waals surface area contributed by atoms with Crippen molar-refractivity contribution < 1.29 is 33.3 Å². The molecular weight excluding hydrogens is 359 g/mol. The Morgan fingerprint density at radius 2 is 2.00 bits per heavy atom. The summed E-state index contributed by atoms with van der Waals surface area (Å²) in [4.78, 5) is 33.5. The Labute approximate surface area is 178 Å². The Balaban J connectivity index is 2.54. The molecule has 2 rings (SSSR count). The van der Waals surface area contributed by atoms with Crippen LogP contribution in [0.25, 0.3) is 0 Å². The molecule has 4 N–H and O–H groups in total. The van der Waals surface area contributed by atoms with Gasteiger partial charge in [-0.2, -0.15) is 0 Å². The van der Waals surface area contributed by atoms with E-state index in [1.165, 1.54) is 12.4 Å². The molecule has 0 saturated carbocycles. The second-order valence-electron chi connectivity index (χ2n) is 5.58. The number of hydrogen-bond donors (Lipinski definition) is 4. The van der Waals surface area contributed by atoms with Crippen molar-refractivity contribution in [3.05, 3.63) is 60.2 Å². The van der Waals surface area contributed by atoms with Gasteiger partial charge in [0, 0.05) is 32.5 Å². The van der Waals surface area contributed by atoms with E-state index in [1.807, 2.05) is 0 Å². The van der Waals surface area contributed by atoms with Crippen molar-refractivity contribution in [2.45, 2.75) is 38.5 Å². The highest BCUT2D eigenvalue weighted by molar-refractivity contribution is 6.43. The molecule has 0 aliphatic carbocycles. The summed E-state index contributed by atoms with van der Waals surface area (Å²) in [7, 11) is -3.20. The maximum atomic E-state index is 13.3. The van der Waals surface area contributed by atoms with Crippen LogP contribution in [0.4, 0.5) is 0 Å². The standard InChI is InChI=1S/C19H25BN4O4/c1-13(2)10-17(20(27)28)24-18(25)15(11-14-6-4-3-5-7-14)23-19(26)16-12-21-8-9-22-16/h3-9,12-13,15,17,27-28H,10-11H2,1-2H3,(H,23,26)(H,24,25)/t15-,17+/m1/s1/i1D3,2D3,10D2,13D,17D. The van der Waals surface area contributed by atoms with E-state index in [4.69, 9.17) is 13.7 Å². The van der Waals surface area contributed by atoms with Gasteiger partial charge >= 0.3 is 7.12 Å². The first-order valence-electron chi connectivity index (χ1n) is 13.1. The van der Waals surface area contributed by atoms with Crippen LogP contribution in [0.15, 0.2) is 48.9 Å². The molecule has 0 aliphatic rings. The molecule has 2 amide bonds. The average molecular weight is 394 g/mol. The number of hydrogen-bond acceptors (Lipinski definition) is 6. The van der Waals surface area contributed by atoms with Gasteiger partial charge in [0.25, 0.3) is 5.91 Å². The lowest BCUT2D eigenvalue weighted by molar-refractivity contribution is -0.123. The van der Waals surface area contributed by atoms with E-state index in [2.05, 4.69) is 15.3 Å². The van der Waals surface area contributed by atoms with Crippen LogP contribution in [0.3, 0.4) is 0 Å². The molecule has 0 spiro atoms. The Hall–Kier alpha value is -2.78. The number of rotatable bonds is 9. The highest BCUT2D eigenvalue weighted by Crippen LogP contribution is 2.09. The van der Waals surface area contributed by atoms with Crippen molar-refractivity contribution in [1.82, 2.24) is 20.6 Å². The van der Waals surface area contributed by atoms with Gasteiger partial charge in [-0.15, -0.1) is 0 Å². The zero-order valence-electron chi connectivity index (χ0n) is 24.6. The molecule has 0 bridgehead atoms. The van der Waals surface area contributed by atoms with E-state index >= 15 is 0 Å². The minimum atomic E-state index is -4.13. The molecule has 0 saturated heterocycles. The van der Waals surface area contributed by atoms with Gasteiger partial charge in [0.05, 0.1) is 12.1 Å². The number of benzene rings is 1. The third kappa shape index (κ3) is 6.75. The molecule has 1 aromatic heterocycles. The number of carbonyl (C=O) groups is 2. The Bertz CT molecular complexity index is 1110. The van der Waals surface area contributed by atoms with Gasteiger partial charge in [0.15, 0.2) is 0 Å². The van der Waals surface area contributed by atoms with Crippen molar-refractivity contribution in [3.8, 4) is 0 Å². The first-order valence-corrected chi connectivity index (χ1v) is 8.08. The molecule has 8 nitrogen and oxygen atoms in total. The second kappa shape index (κ2) is 10.5. The molecule has 0 aliphatic heterocycles. The summed E-state index contributed by atoms with van der Waals surface area (Å²) in [6, 6.07) is 6.40. The fourth-order valence-corrected chi connectivity index (χ4v) is 2.22. The molecule has 2 atom stereocenters. The van der Waals surface area contributed by atoms with E-state index in [-0.39, 0.29) is 12.1 Å². The van der Waals surface area contributed by atoms with Crippen molar-refractivity contribution in [3.63, 3.8) is 0 Å². The summed E-state index contributed by atoms with van der Waals surface area (Å²) in [5, 5.41) is 23.8. The van der Waals surface area contributed by atoms with E-state index in [1.54, 1.807) is 35.6 Å². The van der Waals surface area contributed by atoms with Crippen LogP contribution in [-0.2, 0) is 11.2 Å². The smallest absolute Gasteiger partial charge is 0.426 e. The highest BCUT2D eigenvalue weighted by atomic mass is 16.4. The summed E-state index contributed by atoms with van der Waals surface area (Å²) in [6.45, 7) is -7.84.